The first-order chi connectivity index (χ1) is 8.72. The average molecular weight is 261 g/mol. The van der Waals surface area contributed by atoms with Crippen LogP contribution >= 0.6 is 0 Å². The Morgan fingerprint density at radius 1 is 0.947 bits per heavy atom. The third-order valence-electron chi connectivity index (χ3n) is 4.21. The van der Waals surface area contributed by atoms with E-state index in [4.69, 9.17) is 0 Å². The maximum absolute atomic E-state index is 3.65. The van der Waals surface area contributed by atoms with Crippen molar-refractivity contribution in [2.45, 2.75) is 66.3 Å². The summed E-state index contributed by atoms with van der Waals surface area (Å²) in [6.07, 6.45) is 1.17. The number of hydrogen-bond acceptors (Lipinski definition) is 1. The van der Waals surface area contributed by atoms with E-state index >= 15 is 0 Å². The highest BCUT2D eigenvalue weighted by atomic mass is 14.9. The summed E-state index contributed by atoms with van der Waals surface area (Å²) in [7, 11) is 0. The van der Waals surface area contributed by atoms with E-state index in [9.17, 15) is 0 Å². The Hall–Kier alpha value is -0.820. The number of benzene rings is 1. The molecule has 1 aromatic carbocycles. The van der Waals surface area contributed by atoms with E-state index in [1.807, 2.05) is 0 Å². The molecule has 0 aromatic heterocycles. The topological polar surface area (TPSA) is 12.0 Å². The Morgan fingerprint density at radius 3 is 1.84 bits per heavy atom. The molecule has 19 heavy (non-hydrogen) atoms. The van der Waals surface area contributed by atoms with E-state index < -0.39 is 0 Å². The molecule has 1 aromatic rings. The Balaban J connectivity index is 3.05. The second-order valence-electron chi connectivity index (χ2n) is 7.20. The monoisotopic (exact) mass is 261 g/mol. The molecule has 0 aliphatic rings. The van der Waals surface area contributed by atoms with Gasteiger partial charge in [-0.15, -0.1) is 0 Å². The van der Waals surface area contributed by atoms with Gasteiger partial charge in [0.05, 0.1) is 0 Å². The fourth-order valence-corrected chi connectivity index (χ4v) is 2.43. The summed E-state index contributed by atoms with van der Waals surface area (Å²) >= 11 is 0. The largest absolute Gasteiger partial charge is 0.310 e. The van der Waals surface area contributed by atoms with Gasteiger partial charge in [-0.25, -0.2) is 0 Å². The van der Waals surface area contributed by atoms with Gasteiger partial charge in [0.1, 0.15) is 0 Å². The fraction of sp³-hybridized carbons (Fsp3) is 0.667. The normalized spacial score (nSPS) is 14.5. The van der Waals surface area contributed by atoms with Crippen molar-refractivity contribution in [2.24, 2.45) is 5.41 Å². The second kappa shape index (κ2) is 6.09. The van der Waals surface area contributed by atoms with Crippen LogP contribution < -0.4 is 5.32 Å². The molecule has 1 atom stereocenters. The van der Waals surface area contributed by atoms with Crippen molar-refractivity contribution in [3.05, 3.63) is 35.4 Å². The van der Waals surface area contributed by atoms with Crippen molar-refractivity contribution in [3.63, 3.8) is 0 Å². The van der Waals surface area contributed by atoms with Gasteiger partial charge < -0.3 is 5.32 Å². The van der Waals surface area contributed by atoms with Gasteiger partial charge in [-0.1, -0.05) is 72.7 Å². The third-order valence-corrected chi connectivity index (χ3v) is 4.21. The van der Waals surface area contributed by atoms with Crippen LogP contribution in [0.25, 0.3) is 0 Å². The lowest BCUT2D eigenvalue weighted by atomic mass is 9.77. The van der Waals surface area contributed by atoms with Gasteiger partial charge in [0.15, 0.2) is 0 Å². The summed E-state index contributed by atoms with van der Waals surface area (Å²) in [4.78, 5) is 0. The lowest BCUT2D eigenvalue weighted by Crippen LogP contribution is -2.33. The van der Waals surface area contributed by atoms with Crippen LogP contribution in [0.3, 0.4) is 0 Å². The summed E-state index contributed by atoms with van der Waals surface area (Å²) < 4.78 is 0. The van der Waals surface area contributed by atoms with Crippen molar-refractivity contribution < 1.29 is 0 Å². The summed E-state index contributed by atoms with van der Waals surface area (Å²) in [6.45, 7) is 16.9. The van der Waals surface area contributed by atoms with Gasteiger partial charge >= 0.3 is 0 Å². The molecule has 1 N–H and O–H groups in total. The molecule has 0 amide bonds. The van der Waals surface area contributed by atoms with Gasteiger partial charge in [-0.3, -0.25) is 0 Å². The van der Waals surface area contributed by atoms with Crippen molar-refractivity contribution >= 4 is 0 Å². The van der Waals surface area contributed by atoms with Gasteiger partial charge in [0.25, 0.3) is 0 Å². The van der Waals surface area contributed by atoms with E-state index in [1.165, 1.54) is 17.5 Å². The van der Waals surface area contributed by atoms with Crippen LogP contribution in [0.2, 0.25) is 0 Å². The highest BCUT2D eigenvalue weighted by Gasteiger charge is 2.28. The summed E-state index contributed by atoms with van der Waals surface area (Å²) in [6, 6.07) is 9.59. The minimum atomic E-state index is 0.229. The number of hydrogen-bond donors (Lipinski definition) is 1. The Bertz CT molecular complexity index is 381. The van der Waals surface area contributed by atoms with Gasteiger partial charge in [0.2, 0.25) is 0 Å². The molecular weight excluding hydrogens is 230 g/mol. The van der Waals surface area contributed by atoms with E-state index in [0.717, 1.165) is 6.54 Å². The van der Waals surface area contributed by atoms with Crippen LogP contribution in [0.15, 0.2) is 24.3 Å². The molecule has 0 aliphatic heterocycles. The van der Waals surface area contributed by atoms with Crippen LogP contribution in [0.4, 0.5) is 0 Å². The molecule has 0 fully saturated rings. The summed E-state index contributed by atoms with van der Waals surface area (Å²) in [5.41, 5.74) is 3.31. The smallest absolute Gasteiger partial charge is 0.0371 e. The molecule has 1 unspecified atom stereocenters. The molecule has 0 saturated carbocycles. The SMILES string of the molecule is CCNC(c1ccc(C(C)(C)C)cc1)C(C)(C)CC. The Kier molecular flexibility index (Phi) is 5.20. The van der Waals surface area contributed by atoms with E-state index in [2.05, 4.69) is 78.0 Å². The molecule has 1 rings (SSSR count). The molecule has 0 aliphatic carbocycles. The van der Waals surface area contributed by atoms with Gasteiger partial charge in [0, 0.05) is 6.04 Å². The highest BCUT2D eigenvalue weighted by molar-refractivity contribution is 5.30. The maximum Gasteiger partial charge on any atom is 0.0371 e. The third kappa shape index (κ3) is 4.07. The zero-order valence-corrected chi connectivity index (χ0v) is 13.8. The lowest BCUT2D eigenvalue weighted by molar-refractivity contribution is 0.237. The quantitative estimate of drug-likeness (QED) is 0.780. The van der Waals surface area contributed by atoms with Crippen molar-refractivity contribution in [3.8, 4) is 0 Å². The molecule has 0 bridgehead atoms. The molecule has 0 saturated heterocycles. The zero-order chi connectivity index (χ0) is 14.7. The van der Waals surface area contributed by atoms with Crippen LogP contribution in [0.5, 0.6) is 0 Å². The van der Waals surface area contributed by atoms with E-state index in [-0.39, 0.29) is 10.8 Å². The molecule has 0 heterocycles. The van der Waals surface area contributed by atoms with Crippen LogP contribution in [0, 0.1) is 5.41 Å². The van der Waals surface area contributed by atoms with Gasteiger partial charge in [-0.05, 0) is 34.9 Å². The predicted octanol–water partition coefficient (Wildman–Crippen LogP) is 5.07. The number of rotatable bonds is 5. The van der Waals surface area contributed by atoms with Crippen molar-refractivity contribution in [1.82, 2.24) is 5.32 Å². The summed E-state index contributed by atoms with van der Waals surface area (Å²) in [5, 5.41) is 3.65. The van der Waals surface area contributed by atoms with E-state index in [0.29, 0.717) is 6.04 Å². The van der Waals surface area contributed by atoms with Crippen molar-refractivity contribution in [2.75, 3.05) is 6.54 Å². The predicted molar refractivity (Wildman–Crippen MR) is 85.6 cm³/mol. The fourth-order valence-electron chi connectivity index (χ4n) is 2.43. The van der Waals surface area contributed by atoms with E-state index in [1.54, 1.807) is 0 Å². The summed E-state index contributed by atoms with van der Waals surface area (Å²) in [5.74, 6) is 0. The standard InChI is InChI=1S/C18H31N/c1-8-18(6,7)16(19-9-2)14-10-12-15(13-11-14)17(3,4)5/h10-13,16,19H,8-9H2,1-7H3. The lowest BCUT2D eigenvalue weighted by Gasteiger charge is -2.35. The minimum Gasteiger partial charge on any atom is -0.310 e. The second-order valence-corrected chi connectivity index (χ2v) is 7.20. The average Bonchev–Trinajstić information content (AvgIpc) is 2.35. The molecule has 108 valence electrons. The highest BCUT2D eigenvalue weighted by Crippen LogP contribution is 2.36. The van der Waals surface area contributed by atoms with Crippen molar-refractivity contribution in [1.29, 1.82) is 0 Å². The van der Waals surface area contributed by atoms with Crippen LogP contribution in [-0.4, -0.2) is 6.54 Å². The zero-order valence-electron chi connectivity index (χ0n) is 13.8. The molecule has 1 nitrogen and oxygen atoms in total. The first-order valence-corrected chi connectivity index (χ1v) is 7.56. The first kappa shape index (κ1) is 16.2. The molecule has 1 heteroatoms. The first-order valence-electron chi connectivity index (χ1n) is 7.56. The van der Waals surface area contributed by atoms with Crippen LogP contribution in [-0.2, 0) is 5.41 Å². The maximum atomic E-state index is 3.65. The molecule has 0 radical (unpaired) electrons. The molecule has 0 spiro atoms. The minimum absolute atomic E-state index is 0.229. The Morgan fingerprint density at radius 2 is 1.47 bits per heavy atom. The molecular formula is C18H31N. The number of nitrogens with one attached hydrogen (secondary N) is 1. The Labute approximate surface area is 119 Å². The van der Waals surface area contributed by atoms with Crippen LogP contribution in [0.1, 0.15) is 72.1 Å². The van der Waals surface area contributed by atoms with Gasteiger partial charge in [-0.2, -0.15) is 0 Å².